The highest BCUT2D eigenvalue weighted by atomic mass is 15.2. The van der Waals surface area contributed by atoms with Gasteiger partial charge in [-0.15, -0.1) is 0 Å². The normalized spacial score (nSPS) is 37.2. The first kappa shape index (κ1) is 16.3. The van der Waals surface area contributed by atoms with Crippen LogP contribution in [0.5, 0.6) is 0 Å². The van der Waals surface area contributed by atoms with Crippen LogP contribution in [0.25, 0.3) is 0 Å². The maximum atomic E-state index is 3.82. The summed E-state index contributed by atoms with van der Waals surface area (Å²) in [6.45, 7) is 12.2. The van der Waals surface area contributed by atoms with Crippen molar-refractivity contribution >= 4 is 0 Å². The van der Waals surface area contributed by atoms with E-state index in [1.54, 1.807) is 0 Å². The van der Waals surface area contributed by atoms with Gasteiger partial charge in [-0.05, 0) is 72.1 Å². The molecule has 0 aromatic heterocycles. The Morgan fingerprint density at radius 2 is 1.90 bits per heavy atom. The second-order valence-electron chi connectivity index (χ2n) is 7.30. The van der Waals surface area contributed by atoms with Crippen LogP contribution in [-0.2, 0) is 0 Å². The average Bonchev–Trinajstić information content (AvgIpc) is 2.42. The summed E-state index contributed by atoms with van der Waals surface area (Å²) in [5.41, 5.74) is 0. The Morgan fingerprint density at radius 1 is 1.10 bits per heavy atom. The molecule has 2 rings (SSSR count). The van der Waals surface area contributed by atoms with Crippen molar-refractivity contribution in [2.45, 2.75) is 71.0 Å². The molecule has 3 heteroatoms. The van der Waals surface area contributed by atoms with Gasteiger partial charge in [0.25, 0.3) is 0 Å². The summed E-state index contributed by atoms with van der Waals surface area (Å²) in [6, 6.07) is 2.26. The number of likely N-dealkylation sites (tertiary alicyclic amines) is 2. The van der Waals surface area contributed by atoms with E-state index in [1.807, 2.05) is 0 Å². The van der Waals surface area contributed by atoms with Crippen LogP contribution in [0.15, 0.2) is 0 Å². The largest absolute Gasteiger partial charge is 0.314 e. The van der Waals surface area contributed by atoms with Crippen LogP contribution in [0.1, 0.15) is 52.9 Å². The van der Waals surface area contributed by atoms with Gasteiger partial charge >= 0.3 is 0 Å². The van der Waals surface area contributed by atoms with E-state index in [4.69, 9.17) is 0 Å². The molecule has 0 amide bonds. The third kappa shape index (κ3) is 4.44. The summed E-state index contributed by atoms with van der Waals surface area (Å²) < 4.78 is 0. The summed E-state index contributed by atoms with van der Waals surface area (Å²) in [4.78, 5) is 5.18. The lowest BCUT2D eigenvalue weighted by atomic mass is 9.90. The molecule has 4 atom stereocenters. The van der Waals surface area contributed by atoms with E-state index in [9.17, 15) is 0 Å². The standard InChI is InChI=1S/C17H35N3/c1-14-13-19(4)16(3)12-17(14)18-9-7-11-20-10-6-5-8-15(20)2/h14-18H,5-13H2,1-4H3. The number of piperidine rings is 2. The quantitative estimate of drug-likeness (QED) is 0.781. The van der Waals surface area contributed by atoms with Crippen molar-refractivity contribution < 1.29 is 0 Å². The Bertz CT molecular complexity index is 281. The fraction of sp³-hybridized carbons (Fsp3) is 1.00. The lowest BCUT2D eigenvalue weighted by Crippen LogP contribution is -2.51. The van der Waals surface area contributed by atoms with E-state index in [0.29, 0.717) is 0 Å². The predicted octanol–water partition coefficient (Wildman–Crippen LogP) is 2.57. The van der Waals surface area contributed by atoms with Crippen LogP contribution in [0.2, 0.25) is 0 Å². The Morgan fingerprint density at radius 3 is 2.65 bits per heavy atom. The van der Waals surface area contributed by atoms with Crippen LogP contribution < -0.4 is 5.32 Å². The first-order valence-electron chi connectivity index (χ1n) is 8.75. The second-order valence-corrected chi connectivity index (χ2v) is 7.30. The molecule has 0 saturated carbocycles. The van der Waals surface area contributed by atoms with Crippen molar-refractivity contribution in [3.05, 3.63) is 0 Å². The third-order valence-corrected chi connectivity index (χ3v) is 5.58. The molecular weight excluding hydrogens is 246 g/mol. The summed E-state index contributed by atoms with van der Waals surface area (Å²) in [6.07, 6.45) is 6.84. The van der Waals surface area contributed by atoms with Gasteiger partial charge in [0.1, 0.15) is 0 Å². The molecule has 0 aliphatic carbocycles. The molecule has 118 valence electrons. The van der Waals surface area contributed by atoms with E-state index < -0.39 is 0 Å². The lowest BCUT2D eigenvalue weighted by molar-refractivity contribution is 0.119. The molecule has 0 aromatic carbocycles. The van der Waals surface area contributed by atoms with Crippen LogP contribution in [0, 0.1) is 5.92 Å². The number of nitrogens with one attached hydrogen (secondary N) is 1. The van der Waals surface area contributed by atoms with Gasteiger partial charge in [-0.3, -0.25) is 0 Å². The third-order valence-electron chi connectivity index (χ3n) is 5.58. The molecule has 0 bridgehead atoms. The summed E-state index contributed by atoms with van der Waals surface area (Å²) in [5.74, 6) is 0.783. The molecular formula is C17H35N3. The van der Waals surface area contributed by atoms with Gasteiger partial charge in [0.2, 0.25) is 0 Å². The van der Waals surface area contributed by atoms with E-state index >= 15 is 0 Å². The Balaban J connectivity index is 1.63. The highest BCUT2D eigenvalue weighted by Gasteiger charge is 2.28. The minimum atomic E-state index is 0.722. The molecule has 2 heterocycles. The molecule has 4 unspecified atom stereocenters. The molecule has 2 fully saturated rings. The zero-order chi connectivity index (χ0) is 14.5. The molecule has 3 nitrogen and oxygen atoms in total. The SMILES string of the molecule is CC1CN(C)C(C)CC1NCCCN1CCCCC1C. The van der Waals surface area contributed by atoms with Crippen molar-refractivity contribution in [1.82, 2.24) is 15.1 Å². The number of rotatable bonds is 5. The molecule has 1 N–H and O–H groups in total. The minimum Gasteiger partial charge on any atom is -0.314 e. The molecule has 0 aromatic rings. The smallest absolute Gasteiger partial charge is 0.0120 e. The van der Waals surface area contributed by atoms with Crippen LogP contribution in [0.4, 0.5) is 0 Å². The summed E-state index contributed by atoms with van der Waals surface area (Å²) in [7, 11) is 2.26. The van der Waals surface area contributed by atoms with Gasteiger partial charge in [-0.1, -0.05) is 13.3 Å². The van der Waals surface area contributed by atoms with Gasteiger partial charge in [0.05, 0.1) is 0 Å². The minimum absolute atomic E-state index is 0.722. The van der Waals surface area contributed by atoms with E-state index in [1.165, 1.54) is 58.3 Å². The second kappa shape index (κ2) is 7.77. The monoisotopic (exact) mass is 281 g/mol. The van der Waals surface area contributed by atoms with Crippen molar-refractivity contribution in [3.8, 4) is 0 Å². The van der Waals surface area contributed by atoms with E-state index in [0.717, 1.165) is 24.0 Å². The lowest BCUT2D eigenvalue weighted by Gasteiger charge is -2.40. The van der Waals surface area contributed by atoms with E-state index in [-0.39, 0.29) is 0 Å². The van der Waals surface area contributed by atoms with Gasteiger partial charge in [0.15, 0.2) is 0 Å². The van der Waals surface area contributed by atoms with Crippen molar-refractivity contribution in [3.63, 3.8) is 0 Å². The molecule has 2 aliphatic heterocycles. The molecule has 20 heavy (non-hydrogen) atoms. The molecule has 2 saturated heterocycles. The molecule has 0 radical (unpaired) electrons. The number of hydrogen-bond donors (Lipinski definition) is 1. The first-order valence-corrected chi connectivity index (χ1v) is 8.75. The molecule has 2 aliphatic rings. The zero-order valence-corrected chi connectivity index (χ0v) is 14.1. The van der Waals surface area contributed by atoms with Crippen molar-refractivity contribution in [2.75, 3.05) is 33.2 Å². The van der Waals surface area contributed by atoms with Gasteiger partial charge < -0.3 is 15.1 Å². The van der Waals surface area contributed by atoms with Crippen molar-refractivity contribution in [1.29, 1.82) is 0 Å². The fourth-order valence-corrected chi connectivity index (χ4v) is 3.89. The Kier molecular flexibility index (Phi) is 6.31. The van der Waals surface area contributed by atoms with Crippen molar-refractivity contribution in [2.24, 2.45) is 5.92 Å². The summed E-state index contributed by atoms with van der Waals surface area (Å²) >= 11 is 0. The van der Waals surface area contributed by atoms with Crippen LogP contribution >= 0.6 is 0 Å². The summed E-state index contributed by atoms with van der Waals surface area (Å²) in [5, 5.41) is 3.82. The van der Waals surface area contributed by atoms with Crippen LogP contribution in [0.3, 0.4) is 0 Å². The fourth-order valence-electron chi connectivity index (χ4n) is 3.89. The average molecular weight is 281 g/mol. The highest BCUT2D eigenvalue weighted by Crippen LogP contribution is 2.21. The Labute approximate surface area is 126 Å². The van der Waals surface area contributed by atoms with Gasteiger partial charge in [-0.2, -0.15) is 0 Å². The maximum absolute atomic E-state index is 3.82. The topological polar surface area (TPSA) is 18.5 Å². The maximum Gasteiger partial charge on any atom is 0.0120 e. The zero-order valence-electron chi connectivity index (χ0n) is 14.1. The molecule has 0 spiro atoms. The van der Waals surface area contributed by atoms with Crippen LogP contribution in [-0.4, -0.2) is 61.2 Å². The Hall–Kier alpha value is -0.120. The number of nitrogens with zero attached hydrogens (tertiary/aromatic N) is 2. The van der Waals surface area contributed by atoms with Gasteiger partial charge in [0, 0.05) is 24.7 Å². The van der Waals surface area contributed by atoms with E-state index in [2.05, 4.69) is 42.9 Å². The number of hydrogen-bond acceptors (Lipinski definition) is 3. The first-order chi connectivity index (χ1) is 9.58. The van der Waals surface area contributed by atoms with Gasteiger partial charge in [-0.25, -0.2) is 0 Å². The highest BCUT2D eigenvalue weighted by molar-refractivity contribution is 4.86. The predicted molar refractivity (Wildman–Crippen MR) is 87.2 cm³/mol.